The third-order valence-corrected chi connectivity index (χ3v) is 4.99. The molecular formula is C9H20N2O3S. The molecule has 0 saturated carbocycles. The van der Waals surface area contributed by atoms with E-state index in [2.05, 4.69) is 5.32 Å². The number of nitrogens with one attached hydrogen (secondary N) is 1. The first-order chi connectivity index (χ1) is 7.09. The van der Waals surface area contributed by atoms with Crippen LogP contribution in [-0.2, 0) is 14.8 Å². The van der Waals surface area contributed by atoms with Crippen molar-refractivity contribution in [1.29, 1.82) is 0 Å². The first kappa shape index (κ1) is 12.9. The summed E-state index contributed by atoms with van der Waals surface area (Å²) in [6, 6.07) is 0. The summed E-state index contributed by atoms with van der Waals surface area (Å²) in [5, 5.41) is 2.82. The van der Waals surface area contributed by atoms with Crippen LogP contribution in [0.2, 0.25) is 0 Å². The summed E-state index contributed by atoms with van der Waals surface area (Å²) < 4.78 is 30.3. The summed E-state index contributed by atoms with van der Waals surface area (Å²) in [5.74, 6) is 0. The summed E-state index contributed by atoms with van der Waals surface area (Å²) in [4.78, 5) is 0. The van der Waals surface area contributed by atoms with Crippen LogP contribution in [0.4, 0.5) is 0 Å². The van der Waals surface area contributed by atoms with Crippen LogP contribution in [0.15, 0.2) is 0 Å². The smallest absolute Gasteiger partial charge is 0.218 e. The Kier molecular flexibility index (Phi) is 4.98. The van der Waals surface area contributed by atoms with E-state index in [1.807, 2.05) is 0 Å². The number of ether oxygens (including phenoxy) is 1. The molecule has 15 heavy (non-hydrogen) atoms. The molecular weight excluding hydrogens is 216 g/mol. The number of rotatable bonds is 6. The first-order valence-electron chi connectivity index (χ1n) is 5.24. The third-order valence-electron chi connectivity index (χ3n) is 2.69. The van der Waals surface area contributed by atoms with Gasteiger partial charge in [-0.2, -0.15) is 0 Å². The molecule has 1 unspecified atom stereocenters. The van der Waals surface area contributed by atoms with Crippen LogP contribution in [0.1, 0.15) is 12.8 Å². The zero-order valence-electron chi connectivity index (χ0n) is 9.40. The molecule has 90 valence electrons. The van der Waals surface area contributed by atoms with Gasteiger partial charge in [0.25, 0.3) is 0 Å². The Balaban J connectivity index is 2.45. The van der Waals surface area contributed by atoms with Crippen molar-refractivity contribution in [2.75, 3.05) is 40.4 Å². The second-order valence-corrected chi connectivity index (χ2v) is 6.15. The van der Waals surface area contributed by atoms with E-state index in [1.54, 1.807) is 14.2 Å². The van der Waals surface area contributed by atoms with Crippen LogP contribution < -0.4 is 5.32 Å². The van der Waals surface area contributed by atoms with Gasteiger partial charge in [-0.3, -0.25) is 0 Å². The van der Waals surface area contributed by atoms with Gasteiger partial charge >= 0.3 is 0 Å². The Morgan fingerprint density at radius 3 is 2.80 bits per heavy atom. The molecule has 0 amide bonds. The minimum absolute atomic E-state index is 0.245. The highest BCUT2D eigenvalue weighted by Crippen LogP contribution is 2.13. The average molecular weight is 236 g/mol. The van der Waals surface area contributed by atoms with E-state index in [0.29, 0.717) is 19.7 Å². The standard InChI is InChI=1S/C9H20N2O3S/c1-11(6-3-7-14-2)15(12,13)9-4-5-10-8-9/h9-10H,3-8H2,1-2H3. The third kappa shape index (κ3) is 3.41. The molecule has 0 spiro atoms. The van der Waals surface area contributed by atoms with Crippen molar-refractivity contribution in [3.63, 3.8) is 0 Å². The lowest BCUT2D eigenvalue weighted by atomic mass is 10.4. The number of methoxy groups -OCH3 is 1. The van der Waals surface area contributed by atoms with Crippen molar-refractivity contribution in [3.8, 4) is 0 Å². The Morgan fingerprint density at radius 1 is 1.53 bits per heavy atom. The van der Waals surface area contributed by atoms with Crippen molar-refractivity contribution < 1.29 is 13.2 Å². The van der Waals surface area contributed by atoms with E-state index in [1.165, 1.54) is 4.31 Å². The summed E-state index contributed by atoms with van der Waals surface area (Å²) in [5.41, 5.74) is 0. The van der Waals surface area contributed by atoms with Gasteiger partial charge in [-0.1, -0.05) is 0 Å². The van der Waals surface area contributed by atoms with E-state index in [-0.39, 0.29) is 5.25 Å². The fraction of sp³-hybridized carbons (Fsp3) is 1.00. The van der Waals surface area contributed by atoms with Gasteiger partial charge in [-0.15, -0.1) is 0 Å². The van der Waals surface area contributed by atoms with Crippen molar-refractivity contribution in [2.24, 2.45) is 0 Å². The minimum Gasteiger partial charge on any atom is -0.385 e. The van der Waals surface area contributed by atoms with Gasteiger partial charge < -0.3 is 10.1 Å². The van der Waals surface area contributed by atoms with Gasteiger partial charge in [0.1, 0.15) is 0 Å². The van der Waals surface area contributed by atoms with E-state index >= 15 is 0 Å². The molecule has 1 atom stereocenters. The predicted molar refractivity (Wildman–Crippen MR) is 59.3 cm³/mol. The molecule has 0 aromatic rings. The molecule has 0 bridgehead atoms. The first-order valence-corrected chi connectivity index (χ1v) is 6.74. The van der Waals surface area contributed by atoms with E-state index in [9.17, 15) is 8.42 Å². The second kappa shape index (κ2) is 5.79. The van der Waals surface area contributed by atoms with Crippen LogP contribution in [-0.4, -0.2) is 58.4 Å². The largest absolute Gasteiger partial charge is 0.385 e. The molecule has 0 radical (unpaired) electrons. The number of nitrogens with zero attached hydrogens (tertiary/aromatic N) is 1. The molecule has 0 aliphatic carbocycles. The quantitative estimate of drug-likeness (QED) is 0.640. The summed E-state index contributed by atoms with van der Waals surface area (Å²) in [6.45, 7) is 2.52. The van der Waals surface area contributed by atoms with Gasteiger partial charge in [0.15, 0.2) is 0 Å². The highest BCUT2D eigenvalue weighted by atomic mass is 32.2. The van der Waals surface area contributed by atoms with Crippen LogP contribution >= 0.6 is 0 Å². The molecule has 1 rings (SSSR count). The molecule has 1 heterocycles. The van der Waals surface area contributed by atoms with E-state index in [0.717, 1.165) is 19.4 Å². The van der Waals surface area contributed by atoms with Crippen LogP contribution in [0.5, 0.6) is 0 Å². The molecule has 1 saturated heterocycles. The van der Waals surface area contributed by atoms with Gasteiger partial charge in [-0.05, 0) is 19.4 Å². The highest BCUT2D eigenvalue weighted by molar-refractivity contribution is 7.89. The summed E-state index contributed by atoms with van der Waals surface area (Å²) >= 11 is 0. The second-order valence-electron chi connectivity index (χ2n) is 3.83. The normalized spacial score (nSPS) is 22.5. The van der Waals surface area contributed by atoms with E-state index in [4.69, 9.17) is 4.74 Å². The Morgan fingerprint density at radius 2 is 2.27 bits per heavy atom. The van der Waals surface area contributed by atoms with Gasteiger partial charge in [0.05, 0.1) is 5.25 Å². The average Bonchev–Trinajstić information content (AvgIpc) is 2.71. The van der Waals surface area contributed by atoms with Crippen LogP contribution in [0, 0.1) is 0 Å². The molecule has 1 fully saturated rings. The fourth-order valence-electron chi connectivity index (χ4n) is 1.70. The number of hydrogen-bond acceptors (Lipinski definition) is 4. The molecule has 1 aliphatic heterocycles. The van der Waals surface area contributed by atoms with Crippen molar-refractivity contribution in [3.05, 3.63) is 0 Å². The maximum Gasteiger partial charge on any atom is 0.218 e. The van der Waals surface area contributed by atoms with Gasteiger partial charge in [0, 0.05) is 33.9 Å². The van der Waals surface area contributed by atoms with Gasteiger partial charge in [0.2, 0.25) is 10.0 Å². The fourth-order valence-corrected chi connectivity index (χ4v) is 3.33. The lowest BCUT2D eigenvalue weighted by Crippen LogP contribution is -2.38. The number of hydrogen-bond donors (Lipinski definition) is 1. The minimum atomic E-state index is -3.10. The Bertz CT molecular complexity index is 273. The highest BCUT2D eigenvalue weighted by Gasteiger charge is 2.31. The lowest BCUT2D eigenvalue weighted by molar-refractivity contribution is 0.189. The maximum absolute atomic E-state index is 12.0. The van der Waals surface area contributed by atoms with Gasteiger partial charge in [-0.25, -0.2) is 12.7 Å². The predicted octanol–water partition coefficient (Wildman–Crippen LogP) is -0.354. The summed E-state index contributed by atoms with van der Waals surface area (Å²) in [7, 11) is 0.159. The zero-order chi connectivity index (χ0) is 11.3. The molecule has 0 aromatic carbocycles. The topological polar surface area (TPSA) is 58.6 Å². The summed E-state index contributed by atoms with van der Waals surface area (Å²) in [6.07, 6.45) is 1.46. The molecule has 1 N–H and O–H groups in total. The molecule has 6 heteroatoms. The van der Waals surface area contributed by atoms with Crippen molar-refractivity contribution in [2.45, 2.75) is 18.1 Å². The van der Waals surface area contributed by atoms with Crippen molar-refractivity contribution in [1.82, 2.24) is 9.62 Å². The Labute approximate surface area is 91.8 Å². The molecule has 0 aromatic heterocycles. The van der Waals surface area contributed by atoms with Crippen LogP contribution in [0.3, 0.4) is 0 Å². The monoisotopic (exact) mass is 236 g/mol. The zero-order valence-corrected chi connectivity index (χ0v) is 10.2. The lowest BCUT2D eigenvalue weighted by Gasteiger charge is -2.20. The number of sulfonamides is 1. The Hall–Kier alpha value is -0.170. The maximum atomic E-state index is 12.0. The molecule has 1 aliphatic rings. The SMILES string of the molecule is COCCCN(C)S(=O)(=O)C1CCNC1. The van der Waals surface area contributed by atoms with E-state index < -0.39 is 10.0 Å². The van der Waals surface area contributed by atoms with Crippen molar-refractivity contribution >= 4 is 10.0 Å². The molecule has 5 nitrogen and oxygen atoms in total. The van der Waals surface area contributed by atoms with Crippen LogP contribution in [0.25, 0.3) is 0 Å².